The van der Waals surface area contributed by atoms with Crippen molar-refractivity contribution in [3.63, 3.8) is 0 Å². The lowest BCUT2D eigenvalue weighted by molar-refractivity contribution is -0.144. The highest BCUT2D eigenvalue weighted by Crippen LogP contribution is 2.30. The van der Waals surface area contributed by atoms with Gasteiger partial charge in [0.05, 0.1) is 13.0 Å². The molecule has 1 atom stereocenters. The van der Waals surface area contributed by atoms with Crippen LogP contribution in [0.5, 0.6) is 0 Å². The summed E-state index contributed by atoms with van der Waals surface area (Å²) in [4.78, 5) is 11.5. The number of carbonyl (C=O) groups excluding carboxylic acids is 1. The molecule has 2 heteroatoms. The molecule has 1 aliphatic carbocycles. The van der Waals surface area contributed by atoms with Crippen LogP contribution in [-0.2, 0) is 9.53 Å². The minimum Gasteiger partial charge on any atom is -0.466 e. The quantitative estimate of drug-likeness (QED) is 0.394. The zero-order valence-corrected chi connectivity index (χ0v) is 9.76. The van der Waals surface area contributed by atoms with E-state index in [1.54, 1.807) is 0 Å². The van der Waals surface area contributed by atoms with E-state index in [1.165, 1.54) is 18.4 Å². The molecule has 15 heavy (non-hydrogen) atoms. The fourth-order valence-corrected chi connectivity index (χ4v) is 1.99. The van der Waals surface area contributed by atoms with Crippen molar-refractivity contribution < 1.29 is 9.53 Å². The van der Waals surface area contributed by atoms with Gasteiger partial charge in [0.2, 0.25) is 0 Å². The number of allylic oxidation sites excluding steroid dienone is 1. The van der Waals surface area contributed by atoms with Crippen LogP contribution in [-0.4, -0.2) is 12.6 Å². The molecule has 0 aromatic carbocycles. The van der Waals surface area contributed by atoms with E-state index in [9.17, 15) is 4.79 Å². The van der Waals surface area contributed by atoms with E-state index in [-0.39, 0.29) is 5.97 Å². The number of ether oxygens (including phenoxy) is 1. The molecule has 0 saturated heterocycles. The molecule has 0 aromatic heterocycles. The Hall–Kier alpha value is -0.790. The molecule has 0 aromatic rings. The van der Waals surface area contributed by atoms with Gasteiger partial charge < -0.3 is 4.74 Å². The van der Waals surface area contributed by atoms with Crippen LogP contribution in [0, 0.1) is 5.92 Å². The molecule has 1 rings (SSSR count). The van der Waals surface area contributed by atoms with Crippen LogP contribution < -0.4 is 0 Å². The van der Waals surface area contributed by atoms with Crippen LogP contribution in [0.2, 0.25) is 0 Å². The Labute approximate surface area is 92.7 Å². The van der Waals surface area contributed by atoms with Crippen molar-refractivity contribution in [1.29, 1.82) is 0 Å². The summed E-state index contributed by atoms with van der Waals surface area (Å²) >= 11 is 0. The van der Waals surface area contributed by atoms with Crippen molar-refractivity contribution in [3.05, 3.63) is 12.2 Å². The summed E-state index contributed by atoms with van der Waals surface area (Å²) in [5.74, 6) is 0.337. The molecular formula is C13H22O2. The van der Waals surface area contributed by atoms with Gasteiger partial charge in [-0.05, 0) is 31.6 Å². The number of carbonyl (C=O) groups is 1. The van der Waals surface area contributed by atoms with E-state index in [0.29, 0.717) is 18.9 Å². The monoisotopic (exact) mass is 210 g/mol. The van der Waals surface area contributed by atoms with Crippen molar-refractivity contribution in [2.24, 2.45) is 5.92 Å². The maximum absolute atomic E-state index is 11.5. The van der Waals surface area contributed by atoms with Crippen molar-refractivity contribution in [3.8, 4) is 0 Å². The molecule has 1 unspecified atom stereocenters. The first-order valence-electron chi connectivity index (χ1n) is 6.07. The Morgan fingerprint density at radius 3 is 3.00 bits per heavy atom. The largest absolute Gasteiger partial charge is 0.466 e. The standard InChI is InChI=1S/C13H22O2/c1-3-4-9-15-13(14)10-12-8-6-5-7-11(12)2/h12H,2-10H2,1H3. The highest BCUT2D eigenvalue weighted by molar-refractivity contribution is 5.70. The summed E-state index contributed by atoms with van der Waals surface area (Å²) in [6, 6.07) is 0. The summed E-state index contributed by atoms with van der Waals surface area (Å²) in [5, 5.41) is 0. The van der Waals surface area contributed by atoms with Crippen LogP contribution in [0.1, 0.15) is 51.9 Å². The second-order valence-corrected chi connectivity index (χ2v) is 4.38. The molecule has 1 saturated carbocycles. The minimum absolute atomic E-state index is 0.0449. The minimum atomic E-state index is -0.0449. The van der Waals surface area contributed by atoms with Crippen molar-refractivity contribution in [1.82, 2.24) is 0 Å². The lowest BCUT2D eigenvalue weighted by Crippen LogP contribution is -2.16. The SMILES string of the molecule is C=C1CCCCC1CC(=O)OCCCC. The molecule has 0 spiro atoms. The van der Waals surface area contributed by atoms with E-state index in [0.717, 1.165) is 25.7 Å². The molecule has 1 aliphatic rings. The van der Waals surface area contributed by atoms with Gasteiger partial charge in [-0.1, -0.05) is 31.9 Å². The maximum atomic E-state index is 11.5. The summed E-state index contributed by atoms with van der Waals surface area (Å²) in [7, 11) is 0. The third kappa shape index (κ3) is 4.50. The first-order valence-corrected chi connectivity index (χ1v) is 6.07. The zero-order valence-electron chi connectivity index (χ0n) is 9.76. The molecule has 0 radical (unpaired) electrons. The third-order valence-corrected chi connectivity index (χ3v) is 3.05. The van der Waals surface area contributed by atoms with Crippen LogP contribution in [0.15, 0.2) is 12.2 Å². The van der Waals surface area contributed by atoms with Gasteiger partial charge in [-0.25, -0.2) is 0 Å². The molecule has 2 nitrogen and oxygen atoms in total. The van der Waals surface area contributed by atoms with Crippen LogP contribution in [0.4, 0.5) is 0 Å². The average molecular weight is 210 g/mol. The lowest BCUT2D eigenvalue weighted by Gasteiger charge is -2.23. The third-order valence-electron chi connectivity index (χ3n) is 3.05. The van der Waals surface area contributed by atoms with E-state index < -0.39 is 0 Å². The van der Waals surface area contributed by atoms with Gasteiger partial charge in [-0.2, -0.15) is 0 Å². The van der Waals surface area contributed by atoms with Crippen molar-refractivity contribution in [2.75, 3.05) is 6.61 Å². The van der Waals surface area contributed by atoms with E-state index in [1.807, 2.05) is 0 Å². The van der Waals surface area contributed by atoms with Crippen molar-refractivity contribution >= 4 is 5.97 Å². The zero-order chi connectivity index (χ0) is 11.1. The molecule has 0 aliphatic heterocycles. The molecule has 0 amide bonds. The van der Waals surface area contributed by atoms with E-state index in [2.05, 4.69) is 13.5 Å². The smallest absolute Gasteiger partial charge is 0.306 e. The fourth-order valence-electron chi connectivity index (χ4n) is 1.99. The topological polar surface area (TPSA) is 26.3 Å². The fraction of sp³-hybridized carbons (Fsp3) is 0.769. The molecule has 86 valence electrons. The van der Waals surface area contributed by atoms with Gasteiger partial charge in [0.15, 0.2) is 0 Å². The van der Waals surface area contributed by atoms with E-state index >= 15 is 0 Å². The predicted octanol–water partition coefficient (Wildman–Crippen LogP) is 3.47. The van der Waals surface area contributed by atoms with Crippen LogP contribution >= 0.6 is 0 Å². The summed E-state index contributed by atoms with van der Waals surface area (Å²) in [6.07, 6.45) is 7.25. The molecule has 0 heterocycles. The molecule has 0 bridgehead atoms. The average Bonchev–Trinajstić information content (AvgIpc) is 2.22. The molecule has 0 N–H and O–H groups in total. The second-order valence-electron chi connectivity index (χ2n) is 4.38. The van der Waals surface area contributed by atoms with Crippen LogP contribution in [0.25, 0.3) is 0 Å². The normalized spacial score (nSPS) is 21.4. The Morgan fingerprint density at radius 1 is 1.53 bits per heavy atom. The predicted molar refractivity (Wildman–Crippen MR) is 61.6 cm³/mol. The van der Waals surface area contributed by atoms with Crippen LogP contribution in [0.3, 0.4) is 0 Å². The Bertz CT molecular complexity index is 221. The van der Waals surface area contributed by atoms with Crippen molar-refractivity contribution in [2.45, 2.75) is 51.9 Å². The lowest BCUT2D eigenvalue weighted by atomic mass is 9.83. The highest BCUT2D eigenvalue weighted by Gasteiger charge is 2.20. The highest BCUT2D eigenvalue weighted by atomic mass is 16.5. The molecular weight excluding hydrogens is 188 g/mol. The van der Waals surface area contributed by atoms with Gasteiger partial charge in [-0.3, -0.25) is 4.79 Å². The molecule has 1 fully saturated rings. The van der Waals surface area contributed by atoms with Gasteiger partial charge in [0.1, 0.15) is 0 Å². The van der Waals surface area contributed by atoms with Gasteiger partial charge in [-0.15, -0.1) is 0 Å². The number of rotatable bonds is 5. The first kappa shape index (κ1) is 12.3. The Balaban J connectivity index is 2.21. The van der Waals surface area contributed by atoms with Gasteiger partial charge >= 0.3 is 5.97 Å². The summed E-state index contributed by atoms with van der Waals surface area (Å²) in [6.45, 7) is 6.71. The Kier molecular flexibility index (Phi) is 5.44. The van der Waals surface area contributed by atoms with Gasteiger partial charge in [0.25, 0.3) is 0 Å². The second kappa shape index (κ2) is 6.65. The van der Waals surface area contributed by atoms with E-state index in [4.69, 9.17) is 4.74 Å². The Morgan fingerprint density at radius 2 is 2.33 bits per heavy atom. The summed E-state index contributed by atoms with van der Waals surface area (Å²) in [5.41, 5.74) is 1.24. The summed E-state index contributed by atoms with van der Waals surface area (Å²) < 4.78 is 5.15. The maximum Gasteiger partial charge on any atom is 0.306 e. The van der Waals surface area contributed by atoms with Gasteiger partial charge in [0, 0.05) is 0 Å². The number of esters is 1. The number of unbranched alkanes of at least 4 members (excludes halogenated alkanes) is 1. The first-order chi connectivity index (χ1) is 7.24. The number of hydrogen-bond donors (Lipinski definition) is 0. The number of hydrogen-bond acceptors (Lipinski definition) is 2.